The highest BCUT2D eigenvalue weighted by atomic mass is 32.2. The minimum absolute atomic E-state index is 0.0646. The Labute approximate surface area is 166 Å². The highest BCUT2D eigenvalue weighted by Crippen LogP contribution is 2.35. The maximum absolute atomic E-state index is 12.8. The Morgan fingerprint density at radius 3 is 2.59 bits per heavy atom. The fourth-order valence-electron chi connectivity index (χ4n) is 2.52. The lowest BCUT2D eigenvalue weighted by atomic mass is 10.1. The smallest absolute Gasteiger partial charge is 0.306 e. The number of benzene rings is 2. The minimum Gasteiger partial charge on any atom is -0.492 e. The Balaban J connectivity index is 1.77. The highest BCUT2D eigenvalue weighted by molar-refractivity contribution is 8.26. The van der Waals surface area contributed by atoms with Crippen molar-refractivity contribution in [1.29, 1.82) is 0 Å². The van der Waals surface area contributed by atoms with E-state index < -0.39 is 5.97 Å². The van der Waals surface area contributed by atoms with Crippen LogP contribution in [0.1, 0.15) is 17.5 Å². The number of carboxylic acids is 1. The monoisotopic (exact) mass is 399 g/mol. The topological polar surface area (TPSA) is 66.8 Å². The van der Waals surface area contributed by atoms with Crippen molar-refractivity contribution >= 4 is 46.3 Å². The average Bonchev–Trinajstić information content (AvgIpc) is 2.91. The molecule has 138 valence electrons. The highest BCUT2D eigenvalue weighted by Gasteiger charge is 2.32. The summed E-state index contributed by atoms with van der Waals surface area (Å²) >= 11 is 6.62. The molecule has 0 spiro atoms. The molecule has 0 aliphatic carbocycles. The number of thiocarbonyl (C=S) groups is 1. The number of para-hydroxylation sites is 1. The summed E-state index contributed by atoms with van der Waals surface area (Å²) in [4.78, 5) is 25.5. The van der Waals surface area contributed by atoms with E-state index >= 15 is 0 Å². The van der Waals surface area contributed by atoms with Crippen LogP contribution in [0.2, 0.25) is 0 Å². The van der Waals surface area contributed by atoms with Crippen LogP contribution in [0, 0.1) is 0 Å². The third kappa shape index (κ3) is 4.96. The van der Waals surface area contributed by atoms with E-state index in [4.69, 9.17) is 22.1 Å². The van der Waals surface area contributed by atoms with Crippen LogP contribution < -0.4 is 4.74 Å². The van der Waals surface area contributed by atoms with E-state index in [0.717, 1.165) is 5.56 Å². The molecule has 0 unspecified atom stereocenters. The number of amides is 1. The van der Waals surface area contributed by atoms with Gasteiger partial charge in [0.05, 0.1) is 24.5 Å². The van der Waals surface area contributed by atoms with Gasteiger partial charge in [0, 0.05) is 5.56 Å². The van der Waals surface area contributed by atoms with E-state index in [1.54, 1.807) is 23.1 Å². The van der Waals surface area contributed by atoms with Crippen molar-refractivity contribution in [3.05, 3.63) is 70.6 Å². The molecule has 27 heavy (non-hydrogen) atoms. The number of carbonyl (C=O) groups excluding carboxylic acids is 1. The lowest BCUT2D eigenvalue weighted by Gasteiger charge is -2.14. The molecule has 0 atom stereocenters. The normalized spacial score (nSPS) is 15.4. The molecule has 0 aromatic heterocycles. The molecule has 2 aromatic rings. The van der Waals surface area contributed by atoms with Gasteiger partial charge in [0.25, 0.3) is 5.91 Å². The van der Waals surface area contributed by atoms with Gasteiger partial charge in [-0.2, -0.15) is 0 Å². The molecule has 1 aliphatic heterocycles. The summed E-state index contributed by atoms with van der Waals surface area (Å²) in [6, 6.07) is 16.9. The predicted octanol–water partition coefficient (Wildman–Crippen LogP) is 3.94. The van der Waals surface area contributed by atoms with Crippen molar-refractivity contribution in [2.45, 2.75) is 13.0 Å². The largest absolute Gasteiger partial charge is 0.492 e. The van der Waals surface area contributed by atoms with Gasteiger partial charge in [0.1, 0.15) is 10.1 Å². The number of rotatable bonds is 7. The van der Waals surface area contributed by atoms with E-state index in [1.807, 2.05) is 42.5 Å². The van der Waals surface area contributed by atoms with Crippen LogP contribution in [0.4, 0.5) is 0 Å². The van der Waals surface area contributed by atoms with Crippen molar-refractivity contribution in [1.82, 2.24) is 4.90 Å². The fourth-order valence-corrected chi connectivity index (χ4v) is 3.77. The summed E-state index contributed by atoms with van der Waals surface area (Å²) in [7, 11) is 0. The van der Waals surface area contributed by atoms with E-state index in [9.17, 15) is 9.59 Å². The number of carbonyl (C=O) groups is 2. The van der Waals surface area contributed by atoms with E-state index in [0.29, 0.717) is 27.1 Å². The zero-order valence-electron chi connectivity index (χ0n) is 14.3. The van der Waals surface area contributed by atoms with E-state index in [-0.39, 0.29) is 18.9 Å². The van der Waals surface area contributed by atoms with Crippen LogP contribution >= 0.6 is 24.0 Å². The van der Waals surface area contributed by atoms with Gasteiger partial charge in [-0.3, -0.25) is 14.5 Å². The number of hydrogen-bond donors (Lipinski definition) is 1. The van der Waals surface area contributed by atoms with Gasteiger partial charge >= 0.3 is 5.97 Å². The summed E-state index contributed by atoms with van der Waals surface area (Å²) in [5.41, 5.74) is 1.72. The summed E-state index contributed by atoms with van der Waals surface area (Å²) in [5, 5.41) is 8.74. The summed E-state index contributed by atoms with van der Waals surface area (Å²) < 4.78 is 6.06. The number of hydrogen-bond acceptors (Lipinski definition) is 5. The van der Waals surface area contributed by atoms with Gasteiger partial charge < -0.3 is 9.84 Å². The van der Waals surface area contributed by atoms with E-state index in [2.05, 4.69) is 0 Å². The lowest BCUT2D eigenvalue weighted by molar-refractivity contribution is -0.137. The van der Waals surface area contributed by atoms with Crippen molar-refractivity contribution < 1.29 is 19.4 Å². The predicted molar refractivity (Wildman–Crippen MR) is 109 cm³/mol. The molecule has 1 aliphatic rings. The first kappa shape index (κ1) is 19.1. The molecule has 3 rings (SSSR count). The summed E-state index contributed by atoms with van der Waals surface area (Å²) in [6.07, 6.45) is 1.65. The number of aliphatic carboxylic acids is 1. The van der Waals surface area contributed by atoms with Gasteiger partial charge in [0.15, 0.2) is 0 Å². The Bertz CT molecular complexity index is 896. The molecule has 0 saturated carbocycles. The van der Waals surface area contributed by atoms with Crippen LogP contribution in [0.15, 0.2) is 59.5 Å². The molecule has 1 amide bonds. The van der Waals surface area contributed by atoms with Gasteiger partial charge in [0.2, 0.25) is 0 Å². The molecule has 2 aromatic carbocycles. The minimum atomic E-state index is -0.922. The van der Waals surface area contributed by atoms with Gasteiger partial charge in [-0.25, -0.2) is 0 Å². The Hall–Kier alpha value is -2.64. The van der Waals surface area contributed by atoms with Crippen LogP contribution in [-0.2, 0) is 16.1 Å². The first-order chi connectivity index (χ1) is 13.0. The molecular weight excluding hydrogens is 382 g/mol. The van der Waals surface area contributed by atoms with Gasteiger partial charge in [-0.1, -0.05) is 72.5 Å². The molecule has 0 radical (unpaired) electrons. The van der Waals surface area contributed by atoms with Gasteiger partial charge in [-0.05, 0) is 17.7 Å². The summed E-state index contributed by atoms with van der Waals surface area (Å²) in [6.45, 7) is 0.495. The van der Waals surface area contributed by atoms with E-state index in [1.165, 1.54) is 11.8 Å². The van der Waals surface area contributed by atoms with Crippen LogP contribution in [0.3, 0.4) is 0 Å². The standard InChI is InChI=1S/C20H17NO4S2/c22-18(23)10-11-25-16-9-5-4-8-15(16)12-17-19(24)21(20(26)27-17)13-14-6-2-1-3-7-14/h1-9,12H,10-11,13H2,(H,22,23)/b17-12+. The quantitative estimate of drug-likeness (QED) is 0.562. The Kier molecular flexibility index (Phi) is 6.26. The zero-order chi connectivity index (χ0) is 19.2. The zero-order valence-corrected chi connectivity index (χ0v) is 16.0. The molecular formula is C20H17NO4S2. The molecule has 1 heterocycles. The van der Waals surface area contributed by atoms with Crippen molar-refractivity contribution in [2.24, 2.45) is 0 Å². The molecule has 7 heteroatoms. The number of carboxylic acid groups (broad SMARTS) is 1. The van der Waals surface area contributed by atoms with Crippen LogP contribution in [-0.4, -0.2) is 32.8 Å². The lowest BCUT2D eigenvalue weighted by Crippen LogP contribution is -2.27. The maximum atomic E-state index is 12.8. The molecule has 1 fully saturated rings. The molecule has 5 nitrogen and oxygen atoms in total. The van der Waals surface area contributed by atoms with Crippen molar-refractivity contribution in [3.8, 4) is 5.75 Å². The first-order valence-electron chi connectivity index (χ1n) is 8.27. The number of ether oxygens (including phenoxy) is 1. The number of thioether (sulfide) groups is 1. The van der Waals surface area contributed by atoms with Crippen LogP contribution in [0.5, 0.6) is 5.75 Å². The Morgan fingerprint density at radius 2 is 1.85 bits per heavy atom. The van der Waals surface area contributed by atoms with Gasteiger partial charge in [-0.15, -0.1) is 0 Å². The average molecular weight is 399 g/mol. The number of nitrogens with zero attached hydrogens (tertiary/aromatic N) is 1. The van der Waals surface area contributed by atoms with Crippen molar-refractivity contribution in [3.63, 3.8) is 0 Å². The second-order valence-corrected chi connectivity index (χ2v) is 7.46. The SMILES string of the molecule is O=C(O)CCOc1ccccc1/C=C1/SC(=S)N(Cc2ccccc2)C1=O. The molecule has 0 bridgehead atoms. The first-order valence-corrected chi connectivity index (χ1v) is 9.50. The molecule has 1 saturated heterocycles. The second-order valence-electron chi connectivity index (χ2n) is 5.78. The maximum Gasteiger partial charge on any atom is 0.306 e. The molecule has 1 N–H and O–H groups in total. The second kappa shape index (κ2) is 8.83. The third-order valence-corrected chi connectivity index (χ3v) is 5.21. The van der Waals surface area contributed by atoms with Crippen molar-refractivity contribution in [2.75, 3.05) is 6.61 Å². The third-order valence-electron chi connectivity index (χ3n) is 3.84. The van der Waals surface area contributed by atoms with Crippen LogP contribution in [0.25, 0.3) is 6.08 Å². The Morgan fingerprint density at radius 1 is 1.15 bits per heavy atom. The summed E-state index contributed by atoms with van der Waals surface area (Å²) in [5.74, 6) is -0.532. The fraction of sp³-hybridized carbons (Fsp3) is 0.150.